The van der Waals surface area contributed by atoms with Crippen LogP contribution in [0.3, 0.4) is 0 Å². The molecule has 1 atom stereocenters. The van der Waals surface area contributed by atoms with Gasteiger partial charge in [0, 0.05) is 25.9 Å². The van der Waals surface area contributed by atoms with Gasteiger partial charge >= 0.3 is 0 Å². The molecule has 0 saturated carbocycles. The summed E-state index contributed by atoms with van der Waals surface area (Å²) < 4.78 is 15.0. The Morgan fingerprint density at radius 1 is 1.16 bits per heavy atom. The fourth-order valence-electron chi connectivity index (χ4n) is 1.80. The summed E-state index contributed by atoms with van der Waals surface area (Å²) in [5.41, 5.74) is 0.720. The summed E-state index contributed by atoms with van der Waals surface area (Å²) in [5, 5.41) is 3.10. The maximum Gasteiger partial charge on any atom is 0.129 e. The minimum Gasteiger partial charge on any atom is -0.313 e. The smallest absolute Gasteiger partial charge is 0.129 e. The first-order chi connectivity index (χ1) is 9.11. The fraction of sp³-hybridized carbons (Fsp3) is 0.200. The van der Waals surface area contributed by atoms with Crippen LogP contribution in [-0.4, -0.2) is 7.05 Å². The van der Waals surface area contributed by atoms with Crippen LogP contribution in [0.4, 0.5) is 4.39 Å². The highest BCUT2D eigenvalue weighted by Gasteiger charge is 2.14. The molecule has 19 heavy (non-hydrogen) atoms. The molecule has 0 aliphatic heterocycles. The molecule has 0 spiro atoms. The van der Waals surface area contributed by atoms with Gasteiger partial charge in [0.15, 0.2) is 0 Å². The molecule has 0 aromatic heterocycles. The van der Waals surface area contributed by atoms with Crippen molar-refractivity contribution in [3.63, 3.8) is 0 Å². The van der Waals surface area contributed by atoms with Crippen molar-refractivity contribution in [2.24, 2.45) is 0 Å². The first kappa shape index (κ1) is 14.6. The average Bonchev–Trinajstić information content (AvgIpc) is 2.41. The summed E-state index contributed by atoms with van der Waals surface area (Å²) in [4.78, 5) is 2.04. The third-order valence-corrected chi connectivity index (χ3v) is 4.53. The lowest BCUT2D eigenvalue weighted by atomic mass is 10.1. The number of benzene rings is 2. The summed E-state index contributed by atoms with van der Waals surface area (Å²) in [7, 11) is 1.84. The normalized spacial score (nSPS) is 12.4. The van der Waals surface area contributed by atoms with Crippen LogP contribution in [0, 0.1) is 5.82 Å². The quantitative estimate of drug-likeness (QED) is 0.839. The molecule has 0 radical (unpaired) electrons. The number of hydrogen-bond acceptors (Lipinski definition) is 2. The Morgan fingerprint density at radius 2 is 1.84 bits per heavy atom. The van der Waals surface area contributed by atoms with Crippen molar-refractivity contribution in [1.29, 1.82) is 0 Å². The van der Waals surface area contributed by atoms with Gasteiger partial charge in [0.05, 0.1) is 0 Å². The molecule has 1 N–H and O–H groups in total. The predicted molar refractivity (Wildman–Crippen MR) is 82.1 cm³/mol. The molecule has 1 unspecified atom stereocenters. The van der Waals surface area contributed by atoms with E-state index in [-0.39, 0.29) is 11.9 Å². The van der Waals surface area contributed by atoms with Crippen molar-refractivity contribution in [3.8, 4) is 0 Å². The van der Waals surface area contributed by atoms with Crippen LogP contribution >= 0.6 is 27.7 Å². The molecule has 2 aromatic rings. The van der Waals surface area contributed by atoms with Gasteiger partial charge in [0.2, 0.25) is 0 Å². The van der Waals surface area contributed by atoms with Crippen LogP contribution in [0.5, 0.6) is 0 Å². The van der Waals surface area contributed by atoms with E-state index in [1.54, 1.807) is 17.8 Å². The molecular weight excluding hydrogens is 325 g/mol. The SMILES string of the molecule is CNC(C)c1c(F)cccc1Sc1ccc(Br)cc1. The zero-order chi connectivity index (χ0) is 13.8. The number of hydrogen-bond donors (Lipinski definition) is 1. The lowest BCUT2D eigenvalue weighted by Crippen LogP contribution is -2.14. The average molecular weight is 340 g/mol. The third-order valence-electron chi connectivity index (χ3n) is 2.92. The molecule has 2 aromatic carbocycles. The zero-order valence-corrected chi connectivity index (χ0v) is 13.2. The zero-order valence-electron chi connectivity index (χ0n) is 10.8. The topological polar surface area (TPSA) is 12.0 Å². The van der Waals surface area contributed by atoms with Gasteiger partial charge in [-0.15, -0.1) is 0 Å². The highest BCUT2D eigenvalue weighted by Crippen LogP contribution is 2.35. The third kappa shape index (κ3) is 3.59. The summed E-state index contributed by atoms with van der Waals surface area (Å²) in [6.45, 7) is 1.96. The molecule has 0 bridgehead atoms. The summed E-state index contributed by atoms with van der Waals surface area (Å²) in [6.07, 6.45) is 0. The summed E-state index contributed by atoms with van der Waals surface area (Å²) in [6, 6.07) is 13.2. The van der Waals surface area contributed by atoms with E-state index in [0.29, 0.717) is 0 Å². The molecule has 1 nitrogen and oxygen atoms in total. The Morgan fingerprint density at radius 3 is 2.47 bits per heavy atom. The molecule has 0 saturated heterocycles. The van der Waals surface area contributed by atoms with E-state index >= 15 is 0 Å². The van der Waals surface area contributed by atoms with Crippen molar-refractivity contribution in [2.75, 3.05) is 7.05 Å². The van der Waals surface area contributed by atoms with Gasteiger partial charge in [-0.25, -0.2) is 4.39 Å². The Labute approximate surface area is 125 Å². The van der Waals surface area contributed by atoms with Gasteiger partial charge in [0.25, 0.3) is 0 Å². The van der Waals surface area contributed by atoms with Crippen LogP contribution in [-0.2, 0) is 0 Å². The first-order valence-corrected chi connectivity index (χ1v) is 7.62. The van der Waals surface area contributed by atoms with Crippen LogP contribution in [0.25, 0.3) is 0 Å². The van der Waals surface area contributed by atoms with Crippen molar-refractivity contribution >= 4 is 27.7 Å². The van der Waals surface area contributed by atoms with Crippen LogP contribution in [0.15, 0.2) is 56.7 Å². The lowest BCUT2D eigenvalue weighted by Gasteiger charge is -2.16. The van der Waals surface area contributed by atoms with Gasteiger partial charge in [-0.3, -0.25) is 0 Å². The molecule has 2 rings (SSSR count). The van der Waals surface area contributed by atoms with Crippen molar-refractivity contribution in [1.82, 2.24) is 5.32 Å². The molecule has 4 heteroatoms. The molecule has 100 valence electrons. The second-order valence-corrected chi connectivity index (χ2v) is 6.25. The standard InChI is InChI=1S/C15H15BrFNS/c1-10(18-2)15-13(17)4-3-5-14(15)19-12-8-6-11(16)7-9-12/h3-10,18H,1-2H3. The van der Waals surface area contributed by atoms with E-state index in [0.717, 1.165) is 19.8 Å². The fourth-order valence-corrected chi connectivity index (χ4v) is 3.12. The number of nitrogens with one attached hydrogen (secondary N) is 1. The summed E-state index contributed by atoms with van der Waals surface area (Å²) >= 11 is 4.99. The van der Waals surface area contributed by atoms with Crippen LogP contribution in [0.2, 0.25) is 0 Å². The Balaban J connectivity index is 2.34. The van der Waals surface area contributed by atoms with E-state index in [9.17, 15) is 4.39 Å². The number of halogens is 2. The van der Waals surface area contributed by atoms with Gasteiger partial charge in [-0.05, 0) is 50.4 Å². The Kier molecular flexibility index (Phi) is 5.02. The minimum atomic E-state index is -0.163. The predicted octanol–water partition coefficient (Wildman–Crippen LogP) is 5.02. The minimum absolute atomic E-state index is 0.0147. The lowest BCUT2D eigenvalue weighted by molar-refractivity contribution is 0.552. The molecule has 0 fully saturated rings. The van der Waals surface area contributed by atoms with Gasteiger partial charge in [0.1, 0.15) is 5.82 Å². The second kappa shape index (κ2) is 6.55. The van der Waals surface area contributed by atoms with E-state index < -0.39 is 0 Å². The summed E-state index contributed by atoms with van der Waals surface area (Å²) in [5.74, 6) is -0.163. The van der Waals surface area contributed by atoms with E-state index in [2.05, 4.69) is 21.2 Å². The Hall–Kier alpha value is -0.840. The van der Waals surface area contributed by atoms with Crippen molar-refractivity contribution in [2.45, 2.75) is 22.8 Å². The van der Waals surface area contributed by atoms with Gasteiger partial charge in [-0.1, -0.05) is 33.8 Å². The van der Waals surface area contributed by atoms with E-state index in [4.69, 9.17) is 0 Å². The van der Waals surface area contributed by atoms with E-state index in [1.807, 2.05) is 44.3 Å². The second-order valence-electron chi connectivity index (χ2n) is 4.22. The highest BCUT2D eigenvalue weighted by molar-refractivity contribution is 9.10. The Bertz CT molecular complexity index is 557. The molecular formula is C15H15BrFNS. The molecule has 0 amide bonds. The van der Waals surface area contributed by atoms with Crippen molar-refractivity contribution in [3.05, 3.63) is 58.3 Å². The first-order valence-electron chi connectivity index (χ1n) is 6.01. The van der Waals surface area contributed by atoms with E-state index in [1.165, 1.54) is 6.07 Å². The number of rotatable bonds is 4. The molecule has 0 heterocycles. The highest BCUT2D eigenvalue weighted by atomic mass is 79.9. The molecule has 0 aliphatic rings. The van der Waals surface area contributed by atoms with Gasteiger partial charge < -0.3 is 5.32 Å². The van der Waals surface area contributed by atoms with Crippen LogP contribution in [0.1, 0.15) is 18.5 Å². The largest absolute Gasteiger partial charge is 0.313 e. The monoisotopic (exact) mass is 339 g/mol. The van der Waals surface area contributed by atoms with Crippen molar-refractivity contribution < 1.29 is 4.39 Å². The maximum atomic E-state index is 14.0. The maximum absolute atomic E-state index is 14.0. The van der Waals surface area contributed by atoms with Crippen LogP contribution < -0.4 is 5.32 Å². The molecule has 0 aliphatic carbocycles. The van der Waals surface area contributed by atoms with Gasteiger partial charge in [-0.2, -0.15) is 0 Å².